The average Bonchev–Trinajstić information content (AvgIpc) is 3.34. The Bertz CT molecular complexity index is 2120. The van der Waals surface area contributed by atoms with E-state index in [0.29, 0.717) is 49.4 Å². The van der Waals surface area contributed by atoms with E-state index in [9.17, 15) is 9.59 Å². The van der Waals surface area contributed by atoms with Crippen LogP contribution in [0.2, 0.25) is 5.02 Å². The van der Waals surface area contributed by atoms with Crippen LogP contribution in [0.25, 0.3) is 6.08 Å². The van der Waals surface area contributed by atoms with Crippen LogP contribution in [0.1, 0.15) is 29.7 Å². The van der Waals surface area contributed by atoms with Crippen LogP contribution in [0.4, 0.5) is 5.69 Å². The van der Waals surface area contributed by atoms with Crippen molar-refractivity contribution in [3.8, 4) is 11.5 Å². The fourth-order valence-corrected chi connectivity index (χ4v) is 6.89. The van der Waals surface area contributed by atoms with Gasteiger partial charge in [-0.05, 0) is 94.2 Å². The van der Waals surface area contributed by atoms with Gasteiger partial charge in [0.15, 0.2) is 4.80 Å². The number of methoxy groups -OCH3 is 1. The van der Waals surface area contributed by atoms with Crippen LogP contribution < -0.4 is 29.7 Å². The van der Waals surface area contributed by atoms with Gasteiger partial charge in [-0.25, -0.2) is 4.99 Å². The number of carbonyl (C=O) groups excluding carboxylic acids is 1. The number of benzene rings is 4. The third-order valence-electron chi connectivity index (χ3n) is 7.24. The summed E-state index contributed by atoms with van der Waals surface area (Å²) < 4.78 is 14.3. The van der Waals surface area contributed by atoms with E-state index < -0.39 is 6.04 Å². The number of para-hydroxylation sites is 1. The predicted molar refractivity (Wildman–Crippen MR) is 182 cm³/mol. The zero-order valence-corrected chi connectivity index (χ0v) is 27.4. The number of fused-ring (bicyclic) bond motifs is 1. The molecule has 0 fully saturated rings. The van der Waals surface area contributed by atoms with Crippen molar-refractivity contribution >= 4 is 56.5 Å². The zero-order valence-electron chi connectivity index (χ0n) is 24.3. The van der Waals surface area contributed by atoms with Crippen LogP contribution in [-0.4, -0.2) is 17.6 Å². The lowest BCUT2D eigenvalue weighted by atomic mass is 9.95. The molecule has 0 spiro atoms. The minimum absolute atomic E-state index is 0.249. The number of thiazole rings is 1. The number of hydrogen-bond acceptors (Lipinski definition) is 6. The summed E-state index contributed by atoms with van der Waals surface area (Å²) in [5.41, 5.74) is 3.81. The van der Waals surface area contributed by atoms with E-state index in [1.165, 1.54) is 11.3 Å². The fraction of sp³-hybridized carbons (Fsp3) is 0.114. The summed E-state index contributed by atoms with van der Waals surface area (Å²) in [6.07, 6.45) is 1.82. The molecular formula is C35H27BrClN3O4S. The Hall–Kier alpha value is -4.44. The van der Waals surface area contributed by atoms with Gasteiger partial charge in [0, 0.05) is 10.7 Å². The molecule has 1 aromatic heterocycles. The summed E-state index contributed by atoms with van der Waals surface area (Å²) in [6.45, 7) is 2.16. The first kappa shape index (κ1) is 30.6. The van der Waals surface area contributed by atoms with E-state index in [0.717, 1.165) is 21.2 Å². The second kappa shape index (κ2) is 13.3. The van der Waals surface area contributed by atoms with Crippen molar-refractivity contribution in [2.45, 2.75) is 19.6 Å². The van der Waals surface area contributed by atoms with Crippen molar-refractivity contribution in [2.24, 2.45) is 4.99 Å². The van der Waals surface area contributed by atoms with Gasteiger partial charge in [-0.3, -0.25) is 14.2 Å². The standard InChI is InChI=1S/C35H27BrClN3O4S/c1-21-31(33(41)39-26-11-4-3-5-12-26)32(24-9-7-13-27(19-24)43-2)40-34(42)30(45-35(40)38-21)18-22-14-15-29(28(36)17-22)44-20-23-8-6-10-25(37)16-23/h3-19,32H,20H2,1-2H3,(H,39,41)/b30-18-/t32-/m0/s1. The number of anilines is 1. The molecule has 0 unspecified atom stereocenters. The number of amides is 1. The molecule has 1 aliphatic rings. The van der Waals surface area contributed by atoms with Crippen molar-refractivity contribution in [3.63, 3.8) is 0 Å². The normalized spacial score (nSPS) is 14.5. The Labute approximate surface area is 276 Å². The largest absolute Gasteiger partial charge is 0.497 e. The van der Waals surface area contributed by atoms with E-state index in [1.54, 1.807) is 18.6 Å². The van der Waals surface area contributed by atoms with Crippen molar-refractivity contribution in [1.82, 2.24) is 4.57 Å². The highest BCUT2D eigenvalue weighted by Gasteiger charge is 2.32. The summed E-state index contributed by atoms with van der Waals surface area (Å²) >= 11 is 11.0. The summed E-state index contributed by atoms with van der Waals surface area (Å²) in [5, 5.41) is 3.62. The van der Waals surface area contributed by atoms with Gasteiger partial charge in [0.2, 0.25) is 0 Å². The maximum atomic E-state index is 14.1. The maximum absolute atomic E-state index is 14.1. The first-order valence-electron chi connectivity index (χ1n) is 14.0. The summed E-state index contributed by atoms with van der Waals surface area (Å²) in [7, 11) is 1.58. The van der Waals surface area contributed by atoms with Gasteiger partial charge in [0.25, 0.3) is 11.5 Å². The van der Waals surface area contributed by atoms with Crippen molar-refractivity contribution in [3.05, 3.63) is 154 Å². The van der Waals surface area contributed by atoms with Crippen LogP contribution >= 0.6 is 38.9 Å². The van der Waals surface area contributed by atoms with E-state index in [1.807, 2.05) is 103 Å². The minimum Gasteiger partial charge on any atom is -0.497 e. The second-order valence-corrected chi connectivity index (χ2v) is 12.6. The molecule has 10 heteroatoms. The zero-order chi connectivity index (χ0) is 31.5. The fourth-order valence-electron chi connectivity index (χ4n) is 5.12. The Kier molecular flexibility index (Phi) is 9.02. The molecule has 0 saturated carbocycles. The number of allylic oxidation sites excluding steroid dienone is 1. The van der Waals surface area contributed by atoms with Gasteiger partial charge < -0.3 is 14.8 Å². The molecule has 6 rings (SSSR count). The monoisotopic (exact) mass is 699 g/mol. The highest BCUT2D eigenvalue weighted by atomic mass is 79.9. The number of halogens is 2. The van der Waals surface area contributed by atoms with Gasteiger partial charge in [-0.15, -0.1) is 0 Å². The molecule has 1 atom stereocenters. The third-order valence-corrected chi connectivity index (χ3v) is 9.08. The van der Waals surface area contributed by atoms with Gasteiger partial charge in [-0.2, -0.15) is 0 Å². The Balaban J connectivity index is 1.37. The maximum Gasteiger partial charge on any atom is 0.271 e. The van der Waals surface area contributed by atoms with Crippen LogP contribution in [0, 0.1) is 0 Å². The molecule has 2 heterocycles. The molecule has 1 amide bonds. The summed E-state index contributed by atoms with van der Waals surface area (Å²) in [5.74, 6) is 0.952. The molecule has 4 aromatic carbocycles. The molecule has 226 valence electrons. The lowest BCUT2D eigenvalue weighted by molar-refractivity contribution is -0.113. The van der Waals surface area contributed by atoms with E-state index in [2.05, 4.69) is 21.2 Å². The van der Waals surface area contributed by atoms with Crippen molar-refractivity contribution in [1.29, 1.82) is 0 Å². The molecule has 45 heavy (non-hydrogen) atoms. The number of nitrogens with one attached hydrogen (secondary N) is 1. The van der Waals surface area contributed by atoms with Gasteiger partial charge >= 0.3 is 0 Å². The van der Waals surface area contributed by atoms with E-state index in [-0.39, 0.29) is 11.5 Å². The highest BCUT2D eigenvalue weighted by Crippen LogP contribution is 2.33. The third kappa shape index (κ3) is 6.66. The Morgan fingerprint density at radius 2 is 1.84 bits per heavy atom. The quantitative estimate of drug-likeness (QED) is 0.192. The average molecular weight is 701 g/mol. The molecule has 0 radical (unpaired) electrons. The molecule has 1 aliphatic heterocycles. The lowest BCUT2D eigenvalue weighted by Gasteiger charge is -2.25. The number of carbonyl (C=O) groups is 1. The molecule has 5 aromatic rings. The summed E-state index contributed by atoms with van der Waals surface area (Å²) in [6, 6.07) is 29.1. The number of aromatic nitrogens is 1. The molecular weight excluding hydrogens is 674 g/mol. The van der Waals surface area contributed by atoms with Gasteiger partial charge in [-0.1, -0.05) is 71.5 Å². The Morgan fingerprint density at radius 1 is 1.04 bits per heavy atom. The van der Waals surface area contributed by atoms with Crippen LogP contribution in [0.15, 0.2) is 123 Å². The topological polar surface area (TPSA) is 81.9 Å². The number of nitrogens with zero attached hydrogens (tertiary/aromatic N) is 2. The van der Waals surface area contributed by atoms with Crippen LogP contribution in [0.3, 0.4) is 0 Å². The lowest BCUT2D eigenvalue weighted by Crippen LogP contribution is -2.40. The molecule has 0 saturated heterocycles. The van der Waals surface area contributed by atoms with Gasteiger partial charge in [0.05, 0.1) is 33.4 Å². The smallest absolute Gasteiger partial charge is 0.271 e. The molecule has 7 nitrogen and oxygen atoms in total. The van der Waals surface area contributed by atoms with E-state index in [4.69, 9.17) is 26.1 Å². The molecule has 1 N–H and O–H groups in total. The Morgan fingerprint density at radius 3 is 2.60 bits per heavy atom. The first-order valence-corrected chi connectivity index (χ1v) is 16.0. The molecule has 0 aliphatic carbocycles. The van der Waals surface area contributed by atoms with Gasteiger partial charge in [0.1, 0.15) is 18.1 Å². The highest BCUT2D eigenvalue weighted by molar-refractivity contribution is 9.10. The van der Waals surface area contributed by atoms with E-state index >= 15 is 0 Å². The minimum atomic E-state index is -0.712. The summed E-state index contributed by atoms with van der Waals surface area (Å²) in [4.78, 5) is 33.1. The molecule has 0 bridgehead atoms. The number of rotatable bonds is 8. The van der Waals surface area contributed by atoms with Crippen molar-refractivity contribution in [2.75, 3.05) is 12.4 Å². The number of hydrogen-bond donors (Lipinski definition) is 1. The SMILES string of the molecule is COc1cccc([C@H]2C(C(=O)Nc3ccccc3)=C(C)N=c3s/c(=C\c4ccc(OCc5cccc(Cl)c5)c(Br)c4)c(=O)n32)c1. The van der Waals surface area contributed by atoms with Crippen molar-refractivity contribution < 1.29 is 14.3 Å². The predicted octanol–water partition coefficient (Wildman–Crippen LogP) is 6.88. The number of ether oxygens (including phenoxy) is 2. The first-order chi connectivity index (χ1) is 21.8. The van der Waals surface area contributed by atoms with Crippen LogP contribution in [-0.2, 0) is 11.4 Å². The second-order valence-electron chi connectivity index (χ2n) is 10.3. The van der Waals surface area contributed by atoms with Crippen LogP contribution in [0.5, 0.6) is 11.5 Å².